The Labute approximate surface area is 180 Å². The van der Waals surface area contributed by atoms with Crippen LogP contribution in [0.15, 0.2) is 24.3 Å². The van der Waals surface area contributed by atoms with Crippen LogP contribution in [0.5, 0.6) is 17.2 Å². The van der Waals surface area contributed by atoms with Crippen molar-refractivity contribution in [3.63, 3.8) is 0 Å². The quantitative estimate of drug-likeness (QED) is 0.361. The summed E-state index contributed by atoms with van der Waals surface area (Å²) >= 11 is 6.13. The fraction of sp³-hybridized carbons (Fsp3) is 0.263. The van der Waals surface area contributed by atoms with Gasteiger partial charge in [-0.2, -0.15) is 0 Å². The molecule has 1 heterocycles. The molecule has 2 aromatic carbocycles. The number of benzene rings is 2. The molecule has 164 valence electrons. The summed E-state index contributed by atoms with van der Waals surface area (Å²) in [6.45, 7) is -0.604. The second-order valence-electron chi connectivity index (χ2n) is 6.28. The number of nitro benzene ring substituents is 1. The van der Waals surface area contributed by atoms with E-state index < -0.39 is 23.4 Å². The van der Waals surface area contributed by atoms with Crippen molar-refractivity contribution in [2.45, 2.75) is 13.2 Å². The lowest BCUT2D eigenvalue weighted by Gasteiger charge is -2.20. The SMILES string of the molecule is COc1cc(C(=O)OCc2cc([N+](=O)[O-])cc3c2OCOC3)cc(Cl)c1OCC(N)=O. The van der Waals surface area contributed by atoms with E-state index in [2.05, 4.69) is 0 Å². The van der Waals surface area contributed by atoms with Gasteiger partial charge in [0.05, 0.1) is 29.2 Å². The molecule has 2 N–H and O–H groups in total. The summed E-state index contributed by atoms with van der Waals surface area (Å²) in [5.41, 5.74) is 5.71. The Morgan fingerprint density at radius 1 is 1.29 bits per heavy atom. The molecule has 0 spiro atoms. The molecule has 11 nitrogen and oxygen atoms in total. The molecule has 0 saturated heterocycles. The zero-order chi connectivity index (χ0) is 22.5. The molecule has 1 amide bonds. The van der Waals surface area contributed by atoms with E-state index in [1.807, 2.05) is 0 Å². The first-order valence-electron chi connectivity index (χ1n) is 8.76. The van der Waals surface area contributed by atoms with E-state index in [-0.39, 0.29) is 47.8 Å². The standard InChI is InChI=1S/C19H17ClN2O9/c1-27-15-5-10(4-14(20)18(15)29-8-16(21)23)19(24)30-7-12-3-13(22(25)26)2-11-6-28-9-31-17(11)12/h2-5H,6-9H2,1H3,(H2,21,23). The number of non-ortho nitro benzene ring substituents is 1. The summed E-state index contributed by atoms with van der Waals surface area (Å²) in [7, 11) is 1.33. The van der Waals surface area contributed by atoms with Gasteiger partial charge in [-0.05, 0) is 12.1 Å². The van der Waals surface area contributed by atoms with Crippen LogP contribution in [0.1, 0.15) is 21.5 Å². The highest BCUT2D eigenvalue weighted by Crippen LogP contribution is 2.37. The van der Waals surface area contributed by atoms with Crippen LogP contribution in [0.2, 0.25) is 5.02 Å². The number of carbonyl (C=O) groups excluding carboxylic acids is 2. The van der Waals surface area contributed by atoms with Gasteiger partial charge in [-0.3, -0.25) is 14.9 Å². The summed E-state index contributed by atoms with van der Waals surface area (Å²) < 4.78 is 26.2. The Bertz CT molecular complexity index is 1040. The van der Waals surface area contributed by atoms with E-state index in [4.69, 9.17) is 41.0 Å². The second-order valence-corrected chi connectivity index (χ2v) is 6.69. The number of halogens is 1. The molecular weight excluding hydrogens is 436 g/mol. The Kier molecular flexibility index (Phi) is 6.78. The van der Waals surface area contributed by atoms with E-state index >= 15 is 0 Å². The number of nitrogens with two attached hydrogens (primary N) is 1. The lowest BCUT2D eigenvalue weighted by Crippen LogP contribution is -2.20. The van der Waals surface area contributed by atoms with Crippen LogP contribution >= 0.6 is 11.6 Å². The normalized spacial score (nSPS) is 12.3. The topological polar surface area (TPSA) is 149 Å². The van der Waals surface area contributed by atoms with Crippen molar-refractivity contribution in [1.82, 2.24) is 0 Å². The third-order valence-electron chi connectivity index (χ3n) is 4.17. The van der Waals surface area contributed by atoms with Gasteiger partial charge in [-0.25, -0.2) is 4.79 Å². The number of carbonyl (C=O) groups is 2. The maximum absolute atomic E-state index is 12.6. The monoisotopic (exact) mass is 452 g/mol. The molecular formula is C19H17ClN2O9. The summed E-state index contributed by atoms with van der Waals surface area (Å²) in [5, 5.41) is 11.2. The summed E-state index contributed by atoms with van der Waals surface area (Å²) in [6.07, 6.45) is 0. The van der Waals surface area contributed by atoms with Gasteiger partial charge in [0.15, 0.2) is 24.9 Å². The van der Waals surface area contributed by atoms with Crippen LogP contribution in [0.25, 0.3) is 0 Å². The van der Waals surface area contributed by atoms with Gasteiger partial charge >= 0.3 is 5.97 Å². The Balaban J connectivity index is 1.81. The number of ether oxygens (including phenoxy) is 5. The van der Waals surface area contributed by atoms with Gasteiger partial charge < -0.3 is 29.4 Å². The van der Waals surface area contributed by atoms with Crippen LogP contribution in [-0.2, 0) is 27.5 Å². The van der Waals surface area contributed by atoms with Crippen molar-refractivity contribution >= 4 is 29.2 Å². The molecule has 1 aliphatic heterocycles. The molecule has 31 heavy (non-hydrogen) atoms. The second kappa shape index (κ2) is 9.49. The average molecular weight is 453 g/mol. The third-order valence-corrected chi connectivity index (χ3v) is 4.45. The van der Waals surface area contributed by atoms with Gasteiger partial charge in [-0.15, -0.1) is 0 Å². The van der Waals surface area contributed by atoms with E-state index in [0.29, 0.717) is 16.9 Å². The zero-order valence-corrected chi connectivity index (χ0v) is 17.0. The first-order valence-corrected chi connectivity index (χ1v) is 9.14. The molecule has 0 bridgehead atoms. The number of rotatable bonds is 8. The molecule has 0 atom stereocenters. The minimum absolute atomic E-state index is 0.000704. The first kappa shape index (κ1) is 22.1. The summed E-state index contributed by atoms with van der Waals surface area (Å²) in [4.78, 5) is 34.1. The number of primary amides is 1. The van der Waals surface area contributed by atoms with Crippen LogP contribution in [0.4, 0.5) is 5.69 Å². The first-order chi connectivity index (χ1) is 14.8. The zero-order valence-electron chi connectivity index (χ0n) is 16.2. The van der Waals surface area contributed by atoms with Crippen molar-refractivity contribution in [3.05, 3.63) is 56.1 Å². The third kappa shape index (κ3) is 5.13. The van der Waals surface area contributed by atoms with Crippen molar-refractivity contribution in [2.24, 2.45) is 5.73 Å². The van der Waals surface area contributed by atoms with Crippen molar-refractivity contribution in [2.75, 3.05) is 20.5 Å². The molecule has 0 radical (unpaired) electrons. The lowest BCUT2D eigenvalue weighted by atomic mass is 10.1. The summed E-state index contributed by atoms with van der Waals surface area (Å²) in [6, 6.07) is 5.20. The highest BCUT2D eigenvalue weighted by atomic mass is 35.5. The molecule has 0 aromatic heterocycles. The lowest BCUT2D eigenvalue weighted by molar-refractivity contribution is -0.385. The predicted molar refractivity (Wildman–Crippen MR) is 105 cm³/mol. The van der Waals surface area contributed by atoms with E-state index in [0.717, 1.165) is 0 Å². The van der Waals surface area contributed by atoms with Crippen LogP contribution in [0.3, 0.4) is 0 Å². The molecule has 0 saturated carbocycles. The number of hydrogen-bond acceptors (Lipinski definition) is 9. The number of fused-ring (bicyclic) bond motifs is 1. The van der Waals surface area contributed by atoms with Crippen LogP contribution in [-0.4, -0.2) is 37.3 Å². The number of nitro groups is 1. The highest BCUT2D eigenvalue weighted by Gasteiger charge is 2.23. The molecule has 0 unspecified atom stereocenters. The molecule has 12 heteroatoms. The minimum atomic E-state index is -0.769. The van der Waals surface area contributed by atoms with Gasteiger partial charge in [0.1, 0.15) is 12.4 Å². The largest absolute Gasteiger partial charge is 0.493 e. The number of hydrogen-bond donors (Lipinski definition) is 1. The van der Waals surface area contributed by atoms with Crippen LogP contribution < -0.4 is 19.9 Å². The van der Waals surface area contributed by atoms with Gasteiger partial charge in [-0.1, -0.05) is 11.6 Å². The number of esters is 1. The Hall–Kier alpha value is -3.57. The van der Waals surface area contributed by atoms with Crippen molar-refractivity contribution < 1.29 is 38.2 Å². The predicted octanol–water partition coefficient (Wildman–Crippen LogP) is 2.34. The number of methoxy groups -OCH3 is 1. The summed E-state index contributed by atoms with van der Waals surface area (Å²) in [5.74, 6) is -0.978. The molecule has 3 rings (SSSR count). The van der Waals surface area contributed by atoms with Gasteiger partial charge in [0.2, 0.25) is 0 Å². The maximum atomic E-state index is 12.6. The van der Waals surface area contributed by atoms with Gasteiger partial charge in [0, 0.05) is 23.3 Å². The van der Waals surface area contributed by atoms with E-state index in [1.54, 1.807) is 0 Å². The van der Waals surface area contributed by atoms with E-state index in [1.165, 1.54) is 31.4 Å². The van der Waals surface area contributed by atoms with Crippen molar-refractivity contribution in [3.8, 4) is 17.2 Å². The Morgan fingerprint density at radius 3 is 2.74 bits per heavy atom. The smallest absolute Gasteiger partial charge is 0.338 e. The molecule has 1 aliphatic rings. The Morgan fingerprint density at radius 2 is 2.06 bits per heavy atom. The molecule has 0 aliphatic carbocycles. The number of amides is 1. The molecule has 2 aromatic rings. The van der Waals surface area contributed by atoms with E-state index in [9.17, 15) is 19.7 Å². The molecule has 0 fully saturated rings. The fourth-order valence-corrected chi connectivity index (χ4v) is 3.11. The maximum Gasteiger partial charge on any atom is 0.338 e. The number of nitrogens with zero attached hydrogens (tertiary/aromatic N) is 1. The highest BCUT2D eigenvalue weighted by molar-refractivity contribution is 6.32. The van der Waals surface area contributed by atoms with Gasteiger partial charge in [0.25, 0.3) is 11.6 Å². The van der Waals surface area contributed by atoms with Crippen LogP contribution in [0, 0.1) is 10.1 Å². The van der Waals surface area contributed by atoms with Crippen molar-refractivity contribution in [1.29, 1.82) is 0 Å². The fourth-order valence-electron chi connectivity index (χ4n) is 2.84. The average Bonchev–Trinajstić information content (AvgIpc) is 2.75. The minimum Gasteiger partial charge on any atom is -0.493 e.